The molecule has 0 bridgehead atoms. The third-order valence-electron chi connectivity index (χ3n) is 6.93. The SMILES string of the molecule is CCC(C)N(C(=O)C(CCC(N)=O)NC(=O)OC(C)(C)C)C(C(=O)Nc1c(C)cccc1Cl)c1cccc(C)c1C. The molecule has 2 rings (SSSR count). The minimum absolute atomic E-state index is 0.0644. The molecule has 9 nitrogen and oxygen atoms in total. The number of nitrogens with two attached hydrogens (primary N) is 1. The first-order valence-electron chi connectivity index (χ1n) is 13.8. The molecule has 10 heteroatoms. The molecule has 41 heavy (non-hydrogen) atoms. The lowest BCUT2D eigenvalue weighted by molar-refractivity contribution is -0.143. The first kappa shape index (κ1) is 33.6. The molecule has 0 fully saturated rings. The van der Waals surface area contributed by atoms with Gasteiger partial charge in [-0.15, -0.1) is 0 Å². The van der Waals surface area contributed by atoms with Crippen LogP contribution in [-0.4, -0.2) is 46.4 Å². The highest BCUT2D eigenvalue weighted by Gasteiger charge is 2.39. The molecule has 2 aromatic carbocycles. The topological polar surface area (TPSA) is 131 Å². The minimum Gasteiger partial charge on any atom is -0.444 e. The van der Waals surface area contributed by atoms with E-state index in [0.717, 1.165) is 16.7 Å². The van der Waals surface area contributed by atoms with Crippen LogP contribution in [0.1, 0.15) is 82.2 Å². The third-order valence-corrected chi connectivity index (χ3v) is 7.24. The van der Waals surface area contributed by atoms with Crippen molar-refractivity contribution in [1.29, 1.82) is 0 Å². The summed E-state index contributed by atoms with van der Waals surface area (Å²) in [5, 5.41) is 5.93. The van der Waals surface area contributed by atoms with Gasteiger partial charge in [0.1, 0.15) is 17.7 Å². The number of hydrogen-bond donors (Lipinski definition) is 3. The number of ether oxygens (including phenoxy) is 1. The number of anilines is 1. The van der Waals surface area contributed by atoms with E-state index in [9.17, 15) is 19.2 Å². The van der Waals surface area contributed by atoms with Gasteiger partial charge in [0.15, 0.2) is 0 Å². The highest BCUT2D eigenvalue weighted by atomic mass is 35.5. The molecule has 0 radical (unpaired) electrons. The number of carbonyl (C=O) groups is 4. The van der Waals surface area contributed by atoms with Crippen LogP contribution in [0, 0.1) is 20.8 Å². The Labute approximate surface area is 248 Å². The molecule has 0 saturated heterocycles. The van der Waals surface area contributed by atoms with E-state index in [4.69, 9.17) is 22.1 Å². The van der Waals surface area contributed by atoms with Gasteiger partial charge in [-0.05, 0) is 89.6 Å². The third kappa shape index (κ3) is 9.21. The highest BCUT2D eigenvalue weighted by molar-refractivity contribution is 6.34. The normalized spacial score (nSPS) is 13.5. The lowest BCUT2D eigenvalue weighted by atomic mass is 9.93. The summed E-state index contributed by atoms with van der Waals surface area (Å²) in [5.74, 6) is -1.63. The highest BCUT2D eigenvalue weighted by Crippen LogP contribution is 2.33. The number of alkyl carbamates (subject to hydrolysis) is 1. The van der Waals surface area contributed by atoms with Crippen LogP contribution in [0.5, 0.6) is 0 Å². The summed E-state index contributed by atoms with van der Waals surface area (Å²) in [6.07, 6.45) is -0.519. The van der Waals surface area contributed by atoms with E-state index < -0.39 is 47.5 Å². The molecular formula is C31H43ClN4O5. The molecular weight excluding hydrogens is 544 g/mol. The number of carbonyl (C=O) groups excluding carboxylic acids is 4. The van der Waals surface area contributed by atoms with E-state index in [2.05, 4.69) is 10.6 Å². The Bertz CT molecular complexity index is 1250. The quantitative estimate of drug-likeness (QED) is 0.309. The molecule has 0 aliphatic carbocycles. The van der Waals surface area contributed by atoms with Crippen LogP contribution in [0.4, 0.5) is 10.5 Å². The summed E-state index contributed by atoms with van der Waals surface area (Å²) >= 11 is 6.44. The number of para-hydroxylation sites is 1. The number of amides is 4. The standard InChI is InChI=1S/C31H43ClN4O5/c1-9-20(4)36(29(39)24(16-17-25(33)37)34-30(40)41-31(6,7)8)27(22-14-10-12-18(2)21(22)5)28(38)35-26-19(3)13-11-15-23(26)32/h10-15,20,24,27H,9,16-17H2,1-8H3,(H2,33,37)(H,34,40)(H,35,38). The Morgan fingerprint density at radius 2 is 1.63 bits per heavy atom. The lowest BCUT2D eigenvalue weighted by Crippen LogP contribution is -2.55. The predicted octanol–water partition coefficient (Wildman–Crippen LogP) is 5.73. The second kappa shape index (κ2) is 14.3. The van der Waals surface area contributed by atoms with Crippen molar-refractivity contribution in [2.75, 3.05) is 5.32 Å². The van der Waals surface area contributed by atoms with Gasteiger partial charge < -0.3 is 26.0 Å². The van der Waals surface area contributed by atoms with Crippen molar-refractivity contribution >= 4 is 41.1 Å². The van der Waals surface area contributed by atoms with E-state index in [1.165, 1.54) is 4.90 Å². The van der Waals surface area contributed by atoms with E-state index >= 15 is 0 Å². The lowest BCUT2D eigenvalue weighted by Gasteiger charge is -2.39. The summed E-state index contributed by atoms with van der Waals surface area (Å²) in [7, 11) is 0. The number of nitrogens with one attached hydrogen (secondary N) is 2. The largest absolute Gasteiger partial charge is 0.444 e. The summed E-state index contributed by atoms with van der Waals surface area (Å²) in [6.45, 7) is 14.5. The second-order valence-electron chi connectivity index (χ2n) is 11.3. The van der Waals surface area contributed by atoms with Gasteiger partial charge in [-0.2, -0.15) is 0 Å². The molecule has 3 atom stereocenters. The summed E-state index contributed by atoms with van der Waals surface area (Å²) in [4.78, 5) is 54.5. The van der Waals surface area contributed by atoms with Crippen LogP contribution in [0.2, 0.25) is 5.02 Å². The van der Waals surface area contributed by atoms with Crippen molar-refractivity contribution in [2.24, 2.45) is 5.73 Å². The zero-order chi connectivity index (χ0) is 31.1. The fourth-order valence-electron chi connectivity index (χ4n) is 4.44. The Morgan fingerprint density at radius 3 is 2.20 bits per heavy atom. The van der Waals surface area contributed by atoms with E-state index in [1.54, 1.807) is 32.9 Å². The van der Waals surface area contributed by atoms with Gasteiger partial charge in [-0.25, -0.2) is 4.79 Å². The van der Waals surface area contributed by atoms with Crippen LogP contribution < -0.4 is 16.4 Å². The zero-order valence-corrected chi connectivity index (χ0v) is 26.0. The van der Waals surface area contributed by atoms with E-state index in [1.807, 2.05) is 58.9 Å². The Balaban J connectivity index is 2.68. The predicted molar refractivity (Wildman–Crippen MR) is 162 cm³/mol. The molecule has 0 heterocycles. The average Bonchev–Trinajstić information content (AvgIpc) is 2.87. The summed E-state index contributed by atoms with van der Waals surface area (Å²) in [5.41, 5.74) is 8.22. The Kier molecular flexibility index (Phi) is 11.8. The smallest absolute Gasteiger partial charge is 0.408 e. The van der Waals surface area contributed by atoms with Crippen molar-refractivity contribution in [1.82, 2.24) is 10.2 Å². The maximum absolute atomic E-state index is 14.4. The first-order chi connectivity index (χ1) is 19.1. The number of nitrogens with zero attached hydrogens (tertiary/aromatic N) is 1. The Morgan fingerprint density at radius 1 is 1.02 bits per heavy atom. The summed E-state index contributed by atoms with van der Waals surface area (Å²) < 4.78 is 5.39. The number of hydrogen-bond acceptors (Lipinski definition) is 5. The van der Waals surface area contributed by atoms with Gasteiger partial charge in [-0.1, -0.05) is 48.9 Å². The molecule has 224 valence electrons. The average molecular weight is 587 g/mol. The molecule has 4 N–H and O–H groups in total. The number of rotatable bonds is 11. The van der Waals surface area contributed by atoms with Crippen molar-refractivity contribution in [3.8, 4) is 0 Å². The second-order valence-corrected chi connectivity index (χ2v) is 11.7. The fraction of sp³-hybridized carbons (Fsp3) is 0.484. The summed E-state index contributed by atoms with van der Waals surface area (Å²) in [6, 6.07) is 8.20. The molecule has 0 aliphatic heterocycles. The number of halogens is 1. The van der Waals surface area contributed by atoms with Gasteiger partial charge in [0.25, 0.3) is 5.91 Å². The van der Waals surface area contributed by atoms with Crippen molar-refractivity contribution in [2.45, 2.75) is 98.4 Å². The molecule has 3 unspecified atom stereocenters. The molecule has 2 aromatic rings. The van der Waals surface area contributed by atoms with Crippen LogP contribution >= 0.6 is 11.6 Å². The fourth-order valence-corrected chi connectivity index (χ4v) is 4.71. The van der Waals surface area contributed by atoms with E-state index in [0.29, 0.717) is 22.7 Å². The van der Waals surface area contributed by atoms with Crippen LogP contribution in [0.25, 0.3) is 0 Å². The maximum Gasteiger partial charge on any atom is 0.408 e. The number of aryl methyl sites for hydroxylation is 2. The van der Waals surface area contributed by atoms with Crippen molar-refractivity contribution in [3.63, 3.8) is 0 Å². The van der Waals surface area contributed by atoms with Gasteiger partial charge >= 0.3 is 6.09 Å². The monoisotopic (exact) mass is 586 g/mol. The maximum atomic E-state index is 14.4. The Hall–Kier alpha value is -3.59. The first-order valence-corrected chi connectivity index (χ1v) is 14.2. The minimum atomic E-state index is -1.17. The molecule has 0 saturated carbocycles. The number of primary amides is 1. The van der Waals surface area contributed by atoms with Gasteiger partial charge in [0.05, 0.1) is 10.7 Å². The van der Waals surface area contributed by atoms with Crippen molar-refractivity contribution in [3.05, 3.63) is 63.7 Å². The molecule has 0 aliphatic rings. The van der Waals surface area contributed by atoms with Crippen molar-refractivity contribution < 1.29 is 23.9 Å². The van der Waals surface area contributed by atoms with Crippen LogP contribution in [0.3, 0.4) is 0 Å². The molecule has 4 amide bonds. The number of benzene rings is 2. The van der Waals surface area contributed by atoms with Gasteiger partial charge in [0.2, 0.25) is 11.8 Å². The van der Waals surface area contributed by atoms with Crippen LogP contribution in [0.15, 0.2) is 36.4 Å². The van der Waals surface area contributed by atoms with E-state index in [-0.39, 0.29) is 12.8 Å². The van der Waals surface area contributed by atoms with Gasteiger partial charge in [-0.3, -0.25) is 14.4 Å². The zero-order valence-electron chi connectivity index (χ0n) is 25.3. The van der Waals surface area contributed by atoms with Gasteiger partial charge in [0, 0.05) is 12.5 Å². The molecule has 0 aromatic heterocycles. The van der Waals surface area contributed by atoms with Crippen LogP contribution in [-0.2, 0) is 19.1 Å². The molecule has 0 spiro atoms.